The Morgan fingerprint density at radius 3 is 2.62 bits per heavy atom. The van der Waals surface area contributed by atoms with Gasteiger partial charge in [-0.1, -0.05) is 34.1 Å². The fraction of sp³-hybridized carbons (Fsp3) is 0.333. The molecule has 1 rings (SSSR count). The minimum Gasteiger partial charge on any atom is -0.253 e. The van der Waals surface area contributed by atoms with Gasteiger partial charge in [-0.05, 0) is 18.1 Å². The lowest BCUT2D eigenvalue weighted by Crippen LogP contribution is -2.04. The van der Waals surface area contributed by atoms with Gasteiger partial charge in [0.15, 0.2) is 0 Å². The molecule has 0 aromatic heterocycles. The first kappa shape index (κ1) is 10.7. The molecule has 2 nitrogen and oxygen atoms in total. The maximum atomic E-state index is 11.1. The molecule has 0 bridgehead atoms. The molecule has 0 spiro atoms. The predicted octanol–water partition coefficient (Wildman–Crippen LogP) is 2.67. The zero-order chi connectivity index (χ0) is 9.90. The van der Waals surface area contributed by atoms with Crippen LogP contribution in [0.15, 0.2) is 28.7 Å². The Labute approximate surface area is 87.5 Å². The van der Waals surface area contributed by atoms with Crippen molar-refractivity contribution in [3.05, 3.63) is 34.3 Å². The fourth-order valence-corrected chi connectivity index (χ4v) is 2.10. The number of hydrogen-bond acceptors (Lipinski definition) is 2. The zero-order valence-electron chi connectivity index (χ0n) is 7.42. The van der Waals surface area contributed by atoms with Crippen LogP contribution in [0.4, 0.5) is 0 Å². The summed E-state index contributed by atoms with van der Waals surface area (Å²) in [6.07, 6.45) is 2.17. The standard InChI is InChI=1S/C9H12BrNOS/c1-13(11,12)7-6-8-4-2-3-5-9(8)10/h2-5,11H,6-7H2,1H3. The summed E-state index contributed by atoms with van der Waals surface area (Å²) in [6.45, 7) is 0. The summed E-state index contributed by atoms with van der Waals surface area (Å²) in [7, 11) is -2.36. The third kappa shape index (κ3) is 3.91. The van der Waals surface area contributed by atoms with E-state index in [1.165, 1.54) is 6.26 Å². The molecule has 1 atom stereocenters. The molecule has 0 saturated carbocycles. The lowest BCUT2D eigenvalue weighted by Gasteiger charge is -2.03. The van der Waals surface area contributed by atoms with Gasteiger partial charge in [0.1, 0.15) is 0 Å². The Balaban J connectivity index is 2.71. The highest BCUT2D eigenvalue weighted by molar-refractivity contribution is 9.10. The molecule has 0 aliphatic rings. The van der Waals surface area contributed by atoms with Crippen LogP contribution in [0.2, 0.25) is 0 Å². The molecule has 13 heavy (non-hydrogen) atoms. The Hall–Kier alpha value is -0.350. The number of rotatable bonds is 3. The summed E-state index contributed by atoms with van der Waals surface area (Å²) < 4.78 is 19.4. The molecule has 72 valence electrons. The van der Waals surface area contributed by atoms with Gasteiger partial charge in [-0.15, -0.1) is 0 Å². The molecule has 0 heterocycles. The molecule has 0 amide bonds. The van der Waals surface area contributed by atoms with E-state index >= 15 is 0 Å². The van der Waals surface area contributed by atoms with Crippen molar-refractivity contribution in [2.45, 2.75) is 6.42 Å². The van der Waals surface area contributed by atoms with E-state index in [1.807, 2.05) is 24.3 Å². The van der Waals surface area contributed by atoms with E-state index in [4.69, 9.17) is 4.78 Å². The fourth-order valence-electron chi connectivity index (χ4n) is 1.01. The normalized spacial score (nSPS) is 15.2. The molecule has 1 aromatic carbocycles. The van der Waals surface area contributed by atoms with Crippen LogP contribution >= 0.6 is 15.9 Å². The van der Waals surface area contributed by atoms with Gasteiger partial charge >= 0.3 is 0 Å². The van der Waals surface area contributed by atoms with Crippen molar-refractivity contribution in [1.82, 2.24) is 0 Å². The van der Waals surface area contributed by atoms with Crippen LogP contribution in [0, 0.1) is 4.78 Å². The molecular formula is C9H12BrNOS. The molecule has 0 aliphatic heterocycles. The first-order valence-electron chi connectivity index (χ1n) is 3.94. The SMILES string of the molecule is CS(=N)(=O)CCc1ccccc1Br. The third-order valence-corrected chi connectivity index (χ3v) is 3.48. The van der Waals surface area contributed by atoms with Crippen molar-refractivity contribution in [3.63, 3.8) is 0 Å². The van der Waals surface area contributed by atoms with Crippen molar-refractivity contribution in [1.29, 1.82) is 4.78 Å². The highest BCUT2D eigenvalue weighted by Crippen LogP contribution is 2.16. The van der Waals surface area contributed by atoms with Gasteiger partial charge in [-0.25, -0.2) is 0 Å². The topological polar surface area (TPSA) is 40.9 Å². The molecule has 1 N–H and O–H groups in total. The summed E-state index contributed by atoms with van der Waals surface area (Å²) in [5.74, 6) is 0.426. The number of halogens is 1. The molecule has 0 fully saturated rings. The van der Waals surface area contributed by atoms with Crippen molar-refractivity contribution in [2.24, 2.45) is 0 Å². The number of hydrogen-bond donors (Lipinski definition) is 1. The summed E-state index contributed by atoms with van der Waals surface area (Å²) in [4.78, 5) is 0. The van der Waals surface area contributed by atoms with Crippen molar-refractivity contribution >= 4 is 25.7 Å². The Morgan fingerprint density at radius 1 is 1.46 bits per heavy atom. The second kappa shape index (κ2) is 4.24. The minimum absolute atomic E-state index is 0.426. The van der Waals surface area contributed by atoms with Crippen LogP contribution < -0.4 is 0 Å². The second-order valence-corrected chi connectivity index (χ2v) is 6.32. The lowest BCUT2D eigenvalue weighted by molar-refractivity contribution is 0.678. The summed E-state index contributed by atoms with van der Waals surface area (Å²) in [6, 6.07) is 7.82. The van der Waals surface area contributed by atoms with Gasteiger partial charge in [-0.3, -0.25) is 8.99 Å². The van der Waals surface area contributed by atoms with E-state index < -0.39 is 9.73 Å². The smallest absolute Gasteiger partial charge is 0.0415 e. The van der Waals surface area contributed by atoms with Crippen LogP contribution in [0.25, 0.3) is 0 Å². The van der Waals surface area contributed by atoms with E-state index in [0.717, 1.165) is 10.0 Å². The Morgan fingerprint density at radius 2 is 2.08 bits per heavy atom. The molecule has 0 radical (unpaired) electrons. The maximum Gasteiger partial charge on any atom is 0.0415 e. The van der Waals surface area contributed by atoms with Crippen molar-refractivity contribution < 1.29 is 4.21 Å². The highest BCUT2D eigenvalue weighted by atomic mass is 79.9. The Bertz CT molecular complexity index is 386. The molecular weight excluding hydrogens is 250 g/mol. The summed E-state index contributed by atoms with van der Waals surface area (Å²) in [5.41, 5.74) is 1.12. The summed E-state index contributed by atoms with van der Waals surface area (Å²) >= 11 is 3.41. The Kier molecular flexibility index (Phi) is 3.50. The van der Waals surface area contributed by atoms with Crippen LogP contribution in [0.5, 0.6) is 0 Å². The van der Waals surface area contributed by atoms with E-state index in [0.29, 0.717) is 12.2 Å². The van der Waals surface area contributed by atoms with Gasteiger partial charge < -0.3 is 0 Å². The van der Waals surface area contributed by atoms with E-state index in [2.05, 4.69) is 15.9 Å². The third-order valence-electron chi connectivity index (χ3n) is 1.72. The quantitative estimate of drug-likeness (QED) is 0.893. The van der Waals surface area contributed by atoms with E-state index in [1.54, 1.807) is 0 Å². The predicted molar refractivity (Wildman–Crippen MR) is 59.5 cm³/mol. The zero-order valence-corrected chi connectivity index (χ0v) is 9.82. The highest BCUT2D eigenvalue weighted by Gasteiger charge is 2.02. The maximum absolute atomic E-state index is 11.1. The van der Waals surface area contributed by atoms with Crippen LogP contribution in [0.1, 0.15) is 5.56 Å². The number of aryl methyl sites for hydroxylation is 1. The number of nitrogens with one attached hydrogen (secondary N) is 1. The van der Waals surface area contributed by atoms with Gasteiger partial charge in [0.25, 0.3) is 0 Å². The lowest BCUT2D eigenvalue weighted by atomic mass is 10.2. The molecule has 0 saturated heterocycles. The van der Waals surface area contributed by atoms with Gasteiger partial charge in [0, 0.05) is 26.2 Å². The average Bonchev–Trinajstić information content (AvgIpc) is 2.01. The van der Waals surface area contributed by atoms with Crippen molar-refractivity contribution in [3.8, 4) is 0 Å². The first-order valence-corrected chi connectivity index (χ1v) is 6.87. The van der Waals surface area contributed by atoms with Crippen LogP contribution in [-0.2, 0) is 16.1 Å². The van der Waals surface area contributed by atoms with Crippen LogP contribution in [-0.4, -0.2) is 16.2 Å². The monoisotopic (exact) mass is 261 g/mol. The van der Waals surface area contributed by atoms with Crippen LogP contribution in [0.3, 0.4) is 0 Å². The summed E-state index contributed by atoms with van der Waals surface area (Å²) in [5, 5.41) is 0. The van der Waals surface area contributed by atoms with Gasteiger partial charge in [0.05, 0.1) is 0 Å². The molecule has 0 aliphatic carbocycles. The first-order chi connectivity index (χ1) is 5.99. The number of benzene rings is 1. The van der Waals surface area contributed by atoms with Crippen molar-refractivity contribution in [2.75, 3.05) is 12.0 Å². The largest absolute Gasteiger partial charge is 0.253 e. The molecule has 4 heteroatoms. The van der Waals surface area contributed by atoms with E-state index in [-0.39, 0.29) is 0 Å². The average molecular weight is 262 g/mol. The van der Waals surface area contributed by atoms with Gasteiger partial charge in [-0.2, -0.15) is 0 Å². The molecule has 1 unspecified atom stereocenters. The van der Waals surface area contributed by atoms with E-state index in [9.17, 15) is 4.21 Å². The second-order valence-electron chi connectivity index (χ2n) is 3.05. The molecule has 1 aromatic rings. The van der Waals surface area contributed by atoms with Gasteiger partial charge in [0.2, 0.25) is 0 Å². The minimum atomic E-state index is -2.36.